The first-order chi connectivity index (χ1) is 6.68. The normalized spacial score (nSPS) is 26.6. The highest BCUT2D eigenvalue weighted by molar-refractivity contribution is 5.45. The summed E-state index contributed by atoms with van der Waals surface area (Å²) in [7, 11) is 0. The van der Waals surface area contributed by atoms with Crippen molar-refractivity contribution >= 4 is 0 Å². The van der Waals surface area contributed by atoms with Crippen molar-refractivity contribution in [3.05, 3.63) is 23.8 Å². The van der Waals surface area contributed by atoms with E-state index in [9.17, 15) is 10.2 Å². The van der Waals surface area contributed by atoms with Crippen LogP contribution in [0.5, 0.6) is 11.5 Å². The van der Waals surface area contributed by atoms with Crippen molar-refractivity contribution < 1.29 is 10.2 Å². The average Bonchev–Trinajstić information content (AvgIpc) is 2.51. The molecule has 1 saturated carbocycles. The third-order valence-corrected chi connectivity index (χ3v) is 2.94. The highest BCUT2D eigenvalue weighted by atomic mass is 16.3. The van der Waals surface area contributed by atoms with Gasteiger partial charge in [0.05, 0.1) is 0 Å². The molecular formula is C11H15NO2. The summed E-state index contributed by atoms with van der Waals surface area (Å²) in [6, 6.07) is 5.07. The quantitative estimate of drug-likeness (QED) is 0.635. The van der Waals surface area contributed by atoms with Gasteiger partial charge in [0, 0.05) is 11.6 Å². The molecule has 4 N–H and O–H groups in total. The molecule has 0 amide bonds. The van der Waals surface area contributed by atoms with E-state index in [4.69, 9.17) is 5.73 Å². The Kier molecular flexibility index (Phi) is 2.33. The molecule has 1 aromatic rings. The summed E-state index contributed by atoms with van der Waals surface area (Å²) in [6.07, 6.45) is 2.77. The zero-order valence-electron chi connectivity index (χ0n) is 7.98. The van der Waals surface area contributed by atoms with Gasteiger partial charge in [-0.2, -0.15) is 0 Å². The van der Waals surface area contributed by atoms with Gasteiger partial charge in [-0.1, -0.05) is 6.07 Å². The summed E-state index contributed by atoms with van der Waals surface area (Å²) >= 11 is 0. The number of phenolic OH excluding ortho intramolecular Hbond substituents is 2. The number of hydrogen-bond donors (Lipinski definition) is 3. The molecule has 2 atom stereocenters. The standard InChI is InChI=1S/C11H15NO2/c12-8-5-4-7(6-8)11-9(13)2-1-3-10(11)14/h1-3,7-8,13-14H,4-6,12H2. The SMILES string of the molecule is NC1CCC(c2c(O)cccc2O)C1. The van der Waals surface area contributed by atoms with Gasteiger partial charge < -0.3 is 15.9 Å². The highest BCUT2D eigenvalue weighted by Gasteiger charge is 2.27. The van der Waals surface area contributed by atoms with Gasteiger partial charge in [0.2, 0.25) is 0 Å². The van der Waals surface area contributed by atoms with Gasteiger partial charge in [-0.25, -0.2) is 0 Å². The average molecular weight is 193 g/mol. The van der Waals surface area contributed by atoms with Crippen molar-refractivity contribution in [2.75, 3.05) is 0 Å². The summed E-state index contributed by atoms with van der Waals surface area (Å²) in [5.41, 5.74) is 6.47. The van der Waals surface area contributed by atoms with Crippen molar-refractivity contribution in [1.82, 2.24) is 0 Å². The van der Waals surface area contributed by atoms with Crippen LogP contribution in [0.4, 0.5) is 0 Å². The summed E-state index contributed by atoms with van der Waals surface area (Å²) in [6.45, 7) is 0. The molecule has 76 valence electrons. The number of aromatic hydroxyl groups is 2. The molecule has 0 heterocycles. The molecule has 1 aliphatic rings. The zero-order valence-corrected chi connectivity index (χ0v) is 7.98. The maximum Gasteiger partial charge on any atom is 0.122 e. The van der Waals surface area contributed by atoms with Crippen molar-refractivity contribution in [1.29, 1.82) is 0 Å². The van der Waals surface area contributed by atoms with Gasteiger partial charge in [-0.05, 0) is 37.3 Å². The number of nitrogens with two attached hydrogens (primary N) is 1. The maximum absolute atomic E-state index is 9.64. The molecule has 0 bridgehead atoms. The van der Waals surface area contributed by atoms with E-state index in [2.05, 4.69) is 0 Å². The number of hydrogen-bond acceptors (Lipinski definition) is 3. The molecule has 0 aliphatic heterocycles. The Labute approximate surface area is 83.2 Å². The Bertz CT molecular complexity index is 318. The summed E-state index contributed by atoms with van der Waals surface area (Å²) in [4.78, 5) is 0. The molecular weight excluding hydrogens is 178 g/mol. The van der Waals surface area contributed by atoms with E-state index in [1.165, 1.54) is 0 Å². The molecule has 0 radical (unpaired) electrons. The molecule has 14 heavy (non-hydrogen) atoms. The van der Waals surface area contributed by atoms with Crippen LogP contribution >= 0.6 is 0 Å². The predicted octanol–water partition coefficient (Wildman–Crippen LogP) is 1.69. The van der Waals surface area contributed by atoms with E-state index in [1.807, 2.05) is 0 Å². The second kappa shape index (κ2) is 3.50. The molecule has 0 aromatic heterocycles. The molecule has 3 nitrogen and oxygen atoms in total. The lowest BCUT2D eigenvalue weighted by atomic mass is 9.95. The van der Waals surface area contributed by atoms with Gasteiger partial charge in [0.25, 0.3) is 0 Å². The lowest BCUT2D eigenvalue weighted by Gasteiger charge is -2.13. The van der Waals surface area contributed by atoms with Crippen molar-refractivity contribution in [2.24, 2.45) is 5.73 Å². The number of rotatable bonds is 1. The van der Waals surface area contributed by atoms with Gasteiger partial charge in [-0.3, -0.25) is 0 Å². The molecule has 1 fully saturated rings. The first kappa shape index (κ1) is 9.34. The van der Waals surface area contributed by atoms with E-state index in [0.29, 0.717) is 5.56 Å². The van der Waals surface area contributed by atoms with Crippen LogP contribution in [0.2, 0.25) is 0 Å². The Morgan fingerprint density at radius 2 is 1.79 bits per heavy atom. The lowest BCUT2D eigenvalue weighted by molar-refractivity contribution is 0.427. The highest BCUT2D eigenvalue weighted by Crippen LogP contribution is 2.42. The zero-order chi connectivity index (χ0) is 10.1. The Morgan fingerprint density at radius 1 is 1.14 bits per heavy atom. The van der Waals surface area contributed by atoms with E-state index in [-0.39, 0.29) is 23.5 Å². The second-order valence-electron chi connectivity index (χ2n) is 3.98. The summed E-state index contributed by atoms with van der Waals surface area (Å²) < 4.78 is 0. The molecule has 0 saturated heterocycles. The molecule has 1 aliphatic carbocycles. The minimum atomic E-state index is 0.184. The van der Waals surface area contributed by atoms with Gasteiger partial charge in [0.15, 0.2) is 0 Å². The fraction of sp³-hybridized carbons (Fsp3) is 0.455. The van der Waals surface area contributed by atoms with Gasteiger partial charge >= 0.3 is 0 Å². The fourth-order valence-corrected chi connectivity index (χ4v) is 2.24. The minimum absolute atomic E-state index is 0.184. The van der Waals surface area contributed by atoms with E-state index in [1.54, 1.807) is 18.2 Å². The Hall–Kier alpha value is -1.22. The van der Waals surface area contributed by atoms with Crippen LogP contribution < -0.4 is 5.73 Å². The van der Waals surface area contributed by atoms with Crippen LogP contribution in [0.25, 0.3) is 0 Å². The molecule has 3 heteroatoms. The Morgan fingerprint density at radius 3 is 2.29 bits per heavy atom. The van der Waals surface area contributed by atoms with E-state index < -0.39 is 0 Å². The summed E-state index contributed by atoms with van der Waals surface area (Å²) in [5, 5.41) is 19.3. The van der Waals surface area contributed by atoms with Crippen molar-refractivity contribution in [3.8, 4) is 11.5 Å². The number of benzene rings is 1. The van der Waals surface area contributed by atoms with Crippen LogP contribution in [-0.4, -0.2) is 16.3 Å². The van der Waals surface area contributed by atoms with E-state index >= 15 is 0 Å². The summed E-state index contributed by atoms with van der Waals surface area (Å²) in [5.74, 6) is 0.583. The third kappa shape index (κ3) is 1.55. The fourth-order valence-electron chi connectivity index (χ4n) is 2.24. The first-order valence-corrected chi connectivity index (χ1v) is 4.95. The molecule has 2 unspecified atom stereocenters. The Balaban J connectivity index is 2.31. The maximum atomic E-state index is 9.64. The first-order valence-electron chi connectivity index (χ1n) is 4.95. The van der Waals surface area contributed by atoms with Gasteiger partial charge in [0.1, 0.15) is 11.5 Å². The van der Waals surface area contributed by atoms with Crippen molar-refractivity contribution in [3.63, 3.8) is 0 Å². The number of phenols is 2. The van der Waals surface area contributed by atoms with E-state index in [0.717, 1.165) is 19.3 Å². The van der Waals surface area contributed by atoms with Crippen LogP contribution in [0.15, 0.2) is 18.2 Å². The molecule has 2 rings (SSSR count). The predicted molar refractivity (Wildman–Crippen MR) is 54.3 cm³/mol. The van der Waals surface area contributed by atoms with Crippen LogP contribution in [-0.2, 0) is 0 Å². The van der Waals surface area contributed by atoms with Crippen molar-refractivity contribution in [2.45, 2.75) is 31.2 Å². The van der Waals surface area contributed by atoms with Crippen LogP contribution in [0, 0.1) is 0 Å². The van der Waals surface area contributed by atoms with Gasteiger partial charge in [-0.15, -0.1) is 0 Å². The second-order valence-corrected chi connectivity index (χ2v) is 3.98. The molecule has 1 aromatic carbocycles. The third-order valence-electron chi connectivity index (χ3n) is 2.94. The smallest absolute Gasteiger partial charge is 0.122 e. The molecule has 0 spiro atoms. The van der Waals surface area contributed by atoms with Crippen LogP contribution in [0.1, 0.15) is 30.7 Å². The monoisotopic (exact) mass is 193 g/mol. The topological polar surface area (TPSA) is 66.5 Å². The lowest BCUT2D eigenvalue weighted by Crippen LogP contribution is -2.14. The van der Waals surface area contributed by atoms with Crippen LogP contribution in [0.3, 0.4) is 0 Å². The largest absolute Gasteiger partial charge is 0.508 e. The minimum Gasteiger partial charge on any atom is -0.508 e.